The summed E-state index contributed by atoms with van der Waals surface area (Å²) in [6.45, 7) is 2.90. The first-order valence-electron chi connectivity index (χ1n) is 6.94. The summed E-state index contributed by atoms with van der Waals surface area (Å²) in [5, 5.41) is 3.52. The number of rotatable bonds is 6. The minimum Gasteiger partial charge on any atom is -0.493 e. The van der Waals surface area contributed by atoms with Crippen molar-refractivity contribution in [1.29, 1.82) is 0 Å². The van der Waals surface area contributed by atoms with Gasteiger partial charge in [0, 0.05) is 21.5 Å². The highest BCUT2D eigenvalue weighted by Gasteiger charge is 2.10. The van der Waals surface area contributed by atoms with Crippen molar-refractivity contribution in [2.24, 2.45) is 0 Å². The van der Waals surface area contributed by atoms with Gasteiger partial charge in [-0.25, -0.2) is 0 Å². The fourth-order valence-corrected chi connectivity index (χ4v) is 3.61. The second-order valence-electron chi connectivity index (χ2n) is 4.96. The SMILES string of the molecule is COc1ccc(CNC(C)c2ccc(Br)cc2Br)cc1OC. The first-order chi connectivity index (χ1) is 10.5. The van der Waals surface area contributed by atoms with E-state index in [0.29, 0.717) is 0 Å². The van der Waals surface area contributed by atoms with Crippen LogP contribution in [-0.2, 0) is 6.54 Å². The summed E-state index contributed by atoms with van der Waals surface area (Å²) in [5.74, 6) is 1.49. The summed E-state index contributed by atoms with van der Waals surface area (Å²) in [6.07, 6.45) is 0. The molecule has 118 valence electrons. The standard InChI is InChI=1S/C17H19Br2NO2/c1-11(14-6-5-13(18)9-15(14)19)20-10-12-4-7-16(21-2)17(8-12)22-3/h4-9,11,20H,10H2,1-3H3. The monoisotopic (exact) mass is 427 g/mol. The van der Waals surface area contributed by atoms with E-state index < -0.39 is 0 Å². The van der Waals surface area contributed by atoms with Crippen LogP contribution in [0.1, 0.15) is 24.1 Å². The Morgan fingerprint density at radius 3 is 2.36 bits per heavy atom. The molecule has 1 unspecified atom stereocenters. The molecule has 2 rings (SSSR count). The Morgan fingerprint density at radius 2 is 1.73 bits per heavy atom. The molecule has 22 heavy (non-hydrogen) atoms. The summed E-state index contributed by atoms with van der Waals surface area (Å²) in [5.41, 5.74) is 2.38. The van der Waals surface area contributed by atoms with E-state index in [9.17, 15) is 0 Å². The van der Waals surface area contributed by atoms with Crippen molar-refractivity contribution < 1.29 is 9.47 Å². The van der Waals surface area contributed by atoms with Gasteiger partial charge < -0.3 is 14.8 Å². The van der Waals surface area contributed by atoms with Gasteiger partial charge in [-0.1, -0.05) is 44.0 Å². The molecule has 0 amide bonds. The third-order valence-electron chi connectivity index (χ3n) is 3.49. The molecule has 0 bridgehead atoms. The molecule has 0 aromatic heterocycles. The zero-order valence-corrected chi connectivity index (χ0v) is 16.0. The second-order valence-corrected chi connectivity index (χ2v) is 6.73. The summed E-state index contributed by atoms with van der Waals surface area (Å²) in [4.78, 5) is 0. The maximum atomic E-state index is 5.34. The van der Waals surface area contributed by atoms with Gasteiger partial charge in [0.25, 0.3) is 0 Å². The van der Waals surface area contributed by atoms with Crippen LogP contribution in [0.25, 0.3) is 0 Å². The highest BCUT2D eigenvalue weighted by atomic mass is 79.9. The average molecular weight is 429 g/mol. The molecule has 0 aliphatic rings. The first kappa shape index (κ1) is 17.3. The van der Waals surface area contributed by atoms with Gasteiger partial charge in [0.15, 0.2) is 11.5 Å². The molecular formula is C17H19Br2NO2. The maximum absolute atomic E-state index is 5.34. The van der Waals surface area contributed by atoms with E-state index in [0.717, 1.165) is 32.6 Å². The molecule has 1 N–H and O–H groups in total. The minimum absolute atomic E-state index is 0.232. The Kier molecular flexibility index (Phi) is 6.29. The smallest absolute Gasteiger partial charge is 0.161 e. The molecule has 0 radical (unpaired) electrons. The second kappa shape index (κ2) is 7.99. The Labute approximate surface area is 148 Å². The molecule has 0 saturated carbocycles. The Bertz CT molecular complexity index is 647. The van der Waals surface area contributed by atoms with Crippen LogP contribution in [0.15, 0.2) is 45.3 Å². The fraction of sp³-hybridized carbons (Fsp3) is 0.294. The van der Waals surface area contributed by atoms with E-state index >= 15 is 0 Å². The van der Waals surface area contributed by atoms with Gasteiger partial charge in [-0.3, -0.25) is 0 Å². The number of nitrogens with one attached hydrogen (secondary N) is 1. The van der Waals surface area contributed by atoms with Crippen LogP contribution in [0.5, 0.6) is 11.5 Å². The highest BCUT2D eigenvalue weighted by Crippen LogP contribution is 2.29. The number of methoxy groups -OCH3 is 2. The maximum Gasteiger partial charge on any atom is 0.161 e. The third-order valence-corrected chi connectivity index (χ3v) is 4.67. The molecule has 0 aliphatic carbocycles. The van der Waals surface area contributed by atoms with Crippen molar-refractivity contribution in [1.82, 2.24) is 5.32 Å². The van der Waals surface area contributed by atoms with E-state index in [2.05, 4.69) is 62.3 Å². The van der Waals surface area contributed by atoms with Gasteiger partial charge >= 0.3 is 0 Å². The zero-order valence-electron chi connectivity index (χ0n) is 12.8. The summed E-state index contributed by atoms with van der Waals surface area (Å²) in [7, 11) is 3.29. The molecule has 0 saturated heterocycles. The molecule has 0 spiro atoms. The molecule has 5 heteroatoms. The Balaban J connectivity index is 2.06. The van der Waals surface area contributed by atoms with Gasteiger partial charge in [0.1, 0.15) is 0 Å². The molecule has 0 fully saturated rings. The van der Waals surface area contributed by atoms with Crippen LogP contribution in [0.3, 0.4) is 0 Å². The van der Waals surface area contributed by atoms with Crippen LogP contribution >= 0.6 is 31.9 Å². The minimum atomic E-state index is 0.232. The molecule has 2 aromatic carbocycles. The summed E-state index contributed by atoms with van der Waals surface area (Å²) >= 11 is 7.08. The van der Waals surface area contributed by atoms with Crippen LogP contribution in [0.2, 0.25) is 0 Å². The van der Waals surface area contributed by atoms with Crippen molar-refractivity contribution in [3.63, 3.8) is 0 Å². The van der Waals surface area contributed by atoms with Gasteiger partial charge in [0.05, 0.1) is 14.2 Å². The lowest BCUT2D eigenvalue weighted by molar-refractivity contribution is 0.354. The Hall–Kier alpha value is -1.04. The lowest BCUT2D eigenvalue weighted by atomic mass is 10.1. The van der Waals surface area contributed by atoms with E-state index in [1.54, 1.807) is 14.2 Å². The van der Waals surface area contributed by atoms with Crippen molar-refractivity contribution >= 4 is 31.9 Å². The molecule has 3 nitrogen and oxygen atoms in total. The number of hydrogen-bond acceptors (Lipinski definition) is 3. The topological polar surface area (TPSA) is 30.5 Å². The summed E-state index contributed by atoms with van der Waals surface area (Å²) in [6, 6.07) is 12.4. The normalized spacial score (nSPS) is 12.0. The molecule has 0 heterocycles. The van der Waals surface area contributed by atoms with Gasteiger partial charge in [0.2, 0.25) is 0 Å². The van der Waals surface area contributed by atoms with E-state index in [1.165, 1.54) is 5.56 Å². The van der Waals surface area contributed by atoms with E-state index in [-0.39, 0.29) is 6.04 Å². The molecular weight excluding hydrogens is 410 g/mol. The van der Waals surface area contributed by atoms with Crippen LogP contribution in [0.4, 0.5) is 0 Å². The van der Waals surface area contributed by atoms with Crippen molar-refractivity contribution in [3.05, 3.63) is 56.5 Å². The Morgan fingerprint density at radius 1 is 1.00 bits per heavy atom. The largest absolute Gasteiger partial charge is 0.493 e. The number of benzene rings is 2. The molecule has 2 aromatic rings. The van der Waals surface area contributed by atoms with Crippen LogP contribution in [-0.4, -0.2) is 14.2 Å². The van der Waals surface area contributed by atoms with Gasteiger partial charge in [-0.05, 0) is 42.3 Å². The van der Waals surface area contributed by atoms with Crippen LogP contribution in [0, 0.1) is 0 Å². The predicted molar refractivity (Wildman–Crippen MR) is 96.6 cm³/mol. The molecule has 0 aliphatic heterocycles. The fourth-order valence-electron chi connectivity index (χ4n) is 2.22. The number of halogens is 2. The first-order valence-corrected chi connectivity index (χ1v) is 8.53. The zero-order chi connectivity index (χ0) is 16.1. The molecule has 1 atom stereocenters. The van der Waals surface area contributed by atoms with Crippen molar-refractivity contribution in [3.8, 4) is 11.5 Å². The average Bonchev–Trinajstić information content (AvgIpc) is 2.52. The van der Waals surface area contributed by atoms with Crippen LogP contribution < -0.4 is 14.8 Å². The van der Waals surface area contributed by atoms with E-state index in [1.807, 2.05) is 18.2 Å². The quantitative estimate of drug-likeness (QED) is 0.695. The number of ether oxygens (including phenoxy) is 2. The van der Waals surface area contributed by atoms with Crippen molar-refractivity contribution in [2.45, 2.75) is 19.5 Å². The predicted octanol–water partition coefficient (Wildman–Crippen LogP) is 5.08. The van der Waals surface area contributed by atoms with E-state index in [4.69, 9.17) is 9.47 Å². The number of hydrogen-bond donors (Lipinski definition) is 1. The van der Waals surface area contributed by atoms with Crippen molar-refractivity contribution in [2.75, 3.05) is 14.2 Å². The lowest BCUT2D eigenvalue weighted by Gasteiger charge is -2.17. The highest BCUT2D eigenvalue weighted by molar-refractivity contribution is 9.11. The summed E-state index contributed by atoms with van der Waals surface area (Å²) < 4.78 is 12.7. The van der Waals surface area contributed by atoms with Gasteiger partial charge in [-0.2, -0.15) is 0 Å². The lowest BCUT2D eigenvalue weighted by Crippen LogP contribution is -2.18. The third kappa shape index (κ3) is 4.24. The van der Waals surface area contributed by atoms with Gasteiger partial charge in [-0.15, -0.1) is 0 Å².